The van der Waals surface area contributed by atoms with Gasteiger partial charge in [-0.1, -0.05) is 19.8 Å². The van der Waals surface area contributed by atoms with Crippen molar-refractivity contribution in [2.75, 3.05) is 5.75 Å². The summed E-state index contributed by atoms with van der Waals surface area (Å²) in [5, 5.41) is 1.12. The van der Waals surface area contributed by atoms with Crippen LogP contribution in [0.25, 0.3) is 0 Å². The molecule has 0 bridgehead atoms. The Morgan fingerprint density at radius 3 is 2.80 bits per heavy atom. The second-order valence-electron chi connectivity index (χ2n) is 3.71. The summed E-state index contributed by atoms with van der Waals surface area (Å²) < 4.78 is 0. The van der Waals surface area contributed by atoms with Crippen molar-refractivity contribution in [1.29, 1.82) is 0 Å². The molecule has 0 aliphatic carbocycles. The lowest BCUT2D eigenvalue weighted by Crippen LogP contribution is -1.98. The second-order valence-corrected chi connectivity index (χ2v) is 4.83. The third-order valence-corrected chi connectivity index (χ3v) is 3.22. The standard InChI is InChI=1S/C12H20N2S/c1-3-4-5-6-15-12-8-11(9-13)7-10(2)14-12/h7-8H,3-6,9,13H2,1-2H3. The molecule has 1 aromatic heterocycles. The molecule has 0 amide bonds. The van der Waals surface area contributed by atoms with E-state index in [2.05, 4.69) is 24.0 Å². The van der Waals surface area contributed by atoms with E-state index in [4.69, 9.17) is 5.73 Å². The van der Waals surface area contributed by atoms with Crippen LogP contribution >= 0.6 is 11.8 Å². The van der Waals surface area contributed by atoms with Crippen LogP contribution in [0.1, 0.15) is 37.4 Å². The van der Waals surface area contributed by atoms with Gasteiger partial charge < -0.3 is 5.73 Å². The van der Waals surface area contributed by atoms with Gasteiger partial charge in [0.25, 0.3) is 0 Å². The zero-order valence-corrected chi connectivity index (χ0v) is 10.4. The van der Waals surface area contributed by atoms with E-state index in [1.165, 1.54) is 24.8 Å². The summed E-state index contributed by atoms with van der Waals surface area (Å²) in [6.07, 6.45) is 3.85. The minimum absolute atomic E-state index is 0.603. The number of thioether (sulfide) groups is 1. The summed E-state index contributed by atoms with van der Waals surface area (Å²) in [5.74, 6) is 1.16. The van der Waals surface area contributed by atoms with Crippen molar-refractivity contribution in [2.45, 2.75) is 44.7 Å². The van der Waals surface area contributed by atoms with Crippen molar-refractivity contribution in [3.63, 3.8) is 0 Å². The molecule has 0 aliphatic rings. The SMILES string of the molecule is CCCCCSc1cc(CN)cc(C)n1. The number of hydrogen-bond acceptors (Lipinski definition) is 3. The van der Waals surface area contributed by atoms with Gasteiger partial charge in [-0.25, -0.2) is 4.98 Å². The van der Waals surface area contributed by atoms with Gasteiger partial charge in [-0.3, -0.25) is 0 Å². The smallest absolute Gasteiger partial charge is 0.0966 e. The van der Waals surface area contributed by atoms with Crippen LogP contribution in [0.5, 0.6) is 0 Å². The molecule has 2 nitrogen and oxygen atoms in total. The van der Waals surface area contributed by atoms with E-state index in [-0.39, 0.29) is 0 Å². The van der Waals surface area contributed by atoms with Crippen LogP contribution in [-0.2, 0) is 6.54 Å². The van der Waals surface area contributed by atoms with Gasteiger partial charge in [0.1, 0.15) is 0 Å². The van der Waals surface area contributed by atoms with E-state index in [0.717, 1.165) is 16.5 Å². The number of aryl methyl sites for hydroxylation is 1. The fraction of sp³-hybridized carbons (Fsp3) is 0.583. The van der Waals surface area contributed by atoms with E-state index >= 15 is 0 Å². The molecule has 1 rings (SSSR count). The van der Waals surface area contributed by atoms with Gasteiger partial charge in [0.2, 0.25) is 0 Å². The summed E-state index contributed by atoms with van der Waals surface area (Å²) >= 11 is 1.84. The van der Waals surface area contributed by atoms with Crippen LogP contribution in [0, 0.1) is 6.92 Å². The third kappa shape index (κ3) is 4.67. The van der Waals surface area contributed by atoms with E-state index < -0.39 is 0 Å². The van der Waals surface area contributed by atoms with E-state index in [1.54, 1.807) is 0 Å². The van der Waals surface area contributed by atoms with Crippen molar-refractivity contribution < 1.29 is 0 Å². The topological polar surface area (TPSA) is 38.9 Å². The molecule has 1 heterocycles. The predicted octanol–water partition coefficient (Wildman–Crippen LogP) is 3.13. The summed E-state index contributed by atoms with van der Waals surface area (Å²) in [6.45, 7) is 4.85. The van der Waals surface area contributed by atoms with E-state index in [0.29, 0.717) is 6.54 Å². The Labute approximate surface area is 96.7 Å². The first-order chi connectivity index (χ1) is 7.26. The second kappa shape index (κ2) is 6.85. The van der Waals surface area contributed by atoms with Crippen molar-refractivity contribution in [1.82, 2.24) is 4.98 Å². The molecule has 0 spiro atoms. The van der Waals surface area contributed by atoms with Gasteiger partial charge in [-0.05, 0) is 36.8 Å². The Morgan fingerprint density at radius 2 is 2.13 bits per heavy atom. The molecule has 0 radical (unpaired) electrons. The average Bonchev–Trinajstić information content (AvgIpc) is 2.23. The number of pyridine rings is 1. The molecule has 3 heteroatoms. The largest absolute Gasteiger partial charge is 0.326 e. The highest BCUT2D eigenvalue weighted by Crippen LogP contribution is 2.19. The summed E-state index contributed by atoms with van der Waals surface area (Å²) in [6, 6.07) is 4.15. The molecule has 0 unspecified atom stereocenters. The molecule has 84 valence electrons. The van der Waals surface area contributed by atoms with Crippen molar-refractivity contribution in [3.8, 4) is 0 Å². The summed E-state index contributed by atoms with van der Waals surface area (Å²) in [5.41, 5.74) is 7.87. The van der Waals surface area contributed by atoms with Crippen molar-refractivity contribution in [2.24, 2.45) is 5.73 Å². The Hall–Kier alpha value is -0.540. The van der Waals surface area contributed by atoms with Gasteiger partial charge in [0, 0.05) is 12.2 Å². The summed E-state index contributed by atoms with van der Waals surface area (Å²) in [4.78, 5) is 4.49. The average molecular weight is 224 g/mol. The van der Waals surface area contributed by atoms with Crippen molar-refractivity contribution >= 4 is 11.8 Å². The Bertz CT molecular complexity index is 300. The molecule has 0 atom stereocenters. The molecule has 1 aromatic rings. The molecule has 2 N–H and O–H groups in total. The molecule has 15 heavy (non-hydrogen) atoms. The first-order valence-corrected chi connectivity index (χ1v) is 6.55. The maximum absolute atomic E-state index is 5.63. The molecular formula is C12H20N2S. The lowest BCUT2D eigenvalue weighted by Gasteiger charge is -2.04. The molecule has 0 saturated heterocycles. The fourth-order valence-electron chi connectivity index (χ4n) is 1.43. The quantitative estimate of drug-likeness (QED) is 0.596. The van der Waals surface area contributed by atoms with Gasteiger partial charge in [0.05, 0.1) is 5.03 Å². The monoisotopic (exact) mass is 224 g/mol. The van der Waals surface area contributed by atoms with Crippen LogP contribution in [0.15, 0.2) is 17.2 Å². The van der Waals surface area contributed by atoms with Gasteiger partial charge in [0.15, 0.2) is 0 Å². The normalized spacial score (nSPS) is 10.6. The highest BCUT2D eigenvalue weighted by molar-refractivity contribution is 7.99. The molecule has 0 aromatic carbocycles. The Balaban J connectivity index is 2.49. The van der Waals surface area contributed by atoms with Crippen LogP contribution < -0.4 is 5.73 Å². The van der Waals surface area contributed by atoms with E-state index in [9.17, 15) is 0 Å². The highest BCUT2D eigenvalue weighted by Gasteiger charge is 1.99. The first-order valence-electron chi connectivity index (χ1n) is 5.56. The molecular weight excluding hydrogens is 204 g/mol. The van der Waals surface area contributed by atoms with Crippen LogP contribution in [0.2, 0.25) is 0 Å². The fourth-order valence-corrected chi connectivity index (χ4v) is 2.43. The first kappa shape index (κ1) is 12.5. The third-order valence-electron chi connectivity index (χ3n) is 2.22. The van der Waals surface area contributed by atoms with Gasteiger partial charge >= 0.3 is 0 Å². The number of nitrogens with two attached hydrogens (primary N) is 1. The van der Waals surface area contributed by atoms with Crippen LogP contribution in [0.3, 0.4) is 0 Å². The number of rotatable bonds is 6. The zero-order chi connectivity index (χ0) is 11.1. The van der Waals surface area contributed by atoms with Gasteiger partial charge in [-0.15, -0.1) is 11.8 Å². The maximum Gasteiger partial charge on any atom is 0.0966 e. The maximum atomic E-state index is 5.63. The van der Waals surface area contributed by atoms with Gasteiger partial charge in [-0.2, -0.15) is 0 Å². The molecule has 0 aliphatic heterocycles. The molecule has 0 saturated carbocycles. The Kier molecular flexibility index (Phi) is 5.73. The minimum atomic E-state index is 0.603. The summed E-state index contributed by atoms with van der Waals surface area (Å²) in [7, 11) is 0. The number of nitrogens with zero attached hydrogens (tertiary/aromatic N) is 1. The zero-order valence-electron chi connectivity index (χ0n) is 9.62. The molecule has 0 fully saturated rings. The lowest BCUT2D eigenvalue weighted by molar-refractivity contribution is 0.778. The minimum Gasteiger partial charge on any atom is -0.326 e. The number of aromatic nitrogens is 1. The van der Waals surface area contributed by atoms with Crippen LogP contribution in [0.4, 0.5) is 0 Å². The highest BCUT2D eigenvalue weighted by atomic mass is 32.2. The number of hydrogen-bond donors (Lipinski definition) is 1. The van der Waals surface area contributed by atoms with E-state index in [1.807, 2.05) is 18.7 Å². The lowest BCUT2D eigenvalue weighted by atomic mass is 10.2. The Morgan fingerprint density at radius 1 is 1.33 bits per heavy atom. The van der Waals surface area contributed by atoms with Crippen LogP contribution in [-0.4, -0.2) is 10.7 Å². The number of unbranched alkanes of at least 4 members (excludes halogenated alkanes) is 2. The predicted molar refractivity (Wildman–Crippen MR) is 67.1 cm³/mol. The van der Waals surface area contributed by atoms with Crippen molar-refractivity contribution in [3.05, 3.63) is 23.4 Å².